The third-order valence-corrected chi connectivity index (χ3v) is 4.04. The van der Waals surface area contributed by atoms with E-state index in [0.717, 1.165) is 0 Å². The number of hydrogen-bond donors (Lipinski definition) is 4. The molecule has 4 N–H and O–H groups in total. The average molecular weight is 377 g/mol. The van der Waals surface area contributed by atoms with Crippen LogP contribution < -0.4 is 20.7 Å². The quantitative estimate of drug-likeness (QED) is 0.547. The maximum absolute atomic E-state index is 12.5. The van der Waals surface area contributed by atoms with Gasteiger partial charge in [0, 0.05) is 13.0 Å². The number of ether oxygens (including phenoxy) is 1. The Morgan fingerprint density at radius 1 is 1.19 bits per heavy atom. The maximum Gasteiger partial charge on any atom is 0.326 e. The maximum atomic E-state index is 12.5. The fourth-order valence-corrected chi connectivity index (χ4v) is 2.55. The molecule has 2 rings (SSSR count). The second-order valence-electron chi connectivity index (χ2n) is 6.18. The van der Waals surface area contributed by atoms with Gasteiger partial charge in [-0.1, -0.05) is 12.1 Å². The largest absolute Gasteiger partial charge is 0.493 e. The molecule has 0 unspecified atom stereocenters. The van der Waals surface area contributed by atoms with Gasteiger partial charge in [0.1, 0.15) is 17.8 Å². The van der Waals surface area contributed by atoms with Crippen LogP contribution in [0.15, 0.2) is 24.3 Å². The van der Waals surface area contributed by atoms with E-state index in [1.54, 1.807) is 25.1 Å². The highest BCUT2D eigenvalue weighted by atomic mass is 16.5. The molecule has 0 radical (unpaired) electrons. The summed E-state index contributed by atoms with van der Waals surface area (Å²) in [6.07, 6.45) is 0.247. The summed E-state index contributed by atoms with van der Waals surface area (Å²) in [5.74, 6) is -2.31. The molecule has 27 heavy (non-hydrogen) atoms. The number of rotatable bonds is 1. The second kappa shape index (κ2) is 9.56. The molecule has 0 saturated carbocycles. The van der Waals surface area contributed by atoms with Crippen LogP contribution >= 0.6 is 0 Å². The molecule has 2 atom stereocenters. The van der Waals surface area contributed by atoms with Gasteiger partial charge in [0.25, 0.3) is 5.91 Å². The Balaban J connectivity index is 2.20. The number of carboxylic acid groups (broad SMARTS) is 1. The molecule has 0 fully saturated rings. The Morgan fingerprint density at radius 2 is 1.93 bits per heavy atom. The fraction of sp³-hybridized carbons (Fsp3) is 0.444. The summed E-state index contributed by atoms with van der Waals surface area (Å²) < 4.78 is 5.60. The SMILES string of the molecule is C[C@@H]1NC(=O)CC[C@@H](C(=O)O)NC(=O)c2ccccc2OCCCNC1=O. The minimum absolute atomic E-state index is 0.107. The summed E-state index contributed by atoms with van der Waals surface area (Å²) in [5.41, 5.74) is 0.206. The lowest BCUT2D eigenvalue weighted by Gasteiger charge is -2.18. The van der Waals surface area contributed by atoms with Crippen LogP contribution in [0.2, 0.25) is 0 Å². The van der Waals surface area contributed by atoms with Gasteiger partial charge in [0.15, 0.2) is 0 Å². The molecule has 1 heterocycles. The predicted molar refractivity (Wildman–Crippen MR) is 95.3 cm³/mol. The van der Waals surface area contributed by atoms with Crippen LogP contribution in [0, 0.1) is 0 Å². The van der Waals surface area contributed by atoms with E-state index in [2.05, 4.69) is 16.0 Å². The van der Waals surface area contributed by atoms with E-state index in [1.807, 2.05) is 0 Å². The number of aliphatic carboxylic acids is 1. The third-order valence-electron chi connectivity index (χ3n) is 4.04. The molecule has 0 aromatic heterocycles. The van der Waals surface area contributed by atoms with E-state index in [-0.39, 0.29) is 30.9 Å². The molecule has 1 aromatic carbocycles. The zero-order valence-corrected chi connectivity index (χ0v) is 15.0. The van der Waals surface area contributed by atoms with Gasteiger partial charge < -0.3 is 25.8 Å². The molecule has 0 aliphatic carbocycles. The van der Waals surface area contributed by atoms with E-state index < -0.39 is 29.9 Å². The van der Waals surface area contributed by atoms with Crippen LogP contribution in [0.3, 0.4) is 0 Å². The zero-order chi connectivity index (χ0) is 19.8. The van der Waals surface area contributed by atoms with Crippen molar-refractivity contribution in [2.45, 2.75) is 38.3 Å². The Bertz CT molecular complexity index is 721. The summed E-state index contributed by atoms with van der Waals surface area (Å²) in [6, 6.07) is 4.50. The first-order valence-electron chi connectivity index (χ1n) is 8.71. The van der Waals surface area contributed by atoms with Crippen molar-refractivity contribution in [3.63, 3.8) is 0 Å². The number of fused-ring (bicyclic) bond motifs is 1. The molecule has 9 heteroatoms. The van der Waals surface area contributed by atoms with E-state index in [1.165, 1.54) is 6.07 Å². The highest BCUT2D eigenvalue weighted by Crippen LogP contribution is 2.18. The molecule has 0 saturated heterocycles. The van der Waals surface area contributed by atoms with Crippen molar-refractivity contribution in [3.05, 3.63) is 29.8 Å². The number of carboxylic acids is 1. The van der Waals surface area contributed by atoms with Crippen molar-refractivity contribution in [1.29, 1.82) is 0 Å². The van der Waals surface area contributed by atoms with Crippen LogP contribution in [-0.2, 0) is 14.4 Å². The Labute approximate surface area is 156 Å². The number of hydrogen-bond acceptors (Lipinski definition) is 5. The van der Waals surface area contributed by atoms with Crippen LogP contribution in [0.5, 0.6) is 5.75 Å². The molecule has 1 aliphatic heterocycles. The van der Waals surface area contributed by atoms with Crippen molar-refractivity contribution in [2.24, 2.45) is 0 Å². The smallest absolute Gasteiger partial charge is 0.326 e. The van der Waals surface area contributed by atoms with E-state index in [9.17, 15) is 24.3 Å². The fourth-order valence-electron chi connectivity index (χ4n) is 2.55. The first kappa shape index (κ1) is 20.2. The average Bonchev–Trinajstić information content (AvgIpc) is 2.63. The van der Waals surface area contributed by atoms with E-state index >= 15 is 0 Å². The van der Waals surface area contributed by atoms with Gasteiger partial charge in [0.05, 0.1) is 12.2 Å². The molecule has 3 amide bonds. The number of nitrogens with one attached hydrogen (secondary N) is 3. The third kappa shape index (κ3) is 5.98. The lowest BCUT2D eigenvalue weighted by molar-refractivity contribution is -0.139. The van der Waals surface area contributed by atoms with Crippen molar-refractivity contribution >= 4 is 23.7 Å². The molecule has 1 aromatic rings. The second-order valence-corrected chi connectivity index (χ2v) is 6.18. The summed E-state index contributed by atoms with van der Waals surface area (Å²) in [5, 5.41) is 16.9. The minimum atomic E-state index is -1.25. The molecule has 9 nitrogen and oxygen atoms in total. The van der Waals surface area contributed by atoms with Gasteiger partial charge in [-0.3, -0.25) is 14.4 Å². The molecular formula is C18H23N3O6. The summed E-state index contributed by atoms with van der Waals surface area (Å²) in [6.45, 7) is 2.15. The van der Waals surface area contributed by atoms with Gasteiger partial charge in [-0.15, -0.1) is 0 Å². The van der Waals surface area contributed by atoms with Crippen LogP contribution in [0.1, 0.15) is 36.5 Å². The van der Waals surface area contributed by atoms with Crippen LogP contribution in [-0.4, -0.2) is 54.0 Å². The number of para-hydroxylation sites is 1. The van der Waals surface area contributed by atoms with Crippen molar-refractivity contribution in [2.75, 3.05) is 13.2 Å². The molecule has 146 valence electrons. The van der Waals surface area contributed by atoms with Crippen LogP contribution in [0.25, 0.3) is 0 Å². The lowest BCUT2D eigenvalue weighted by Crippen LogP contribution is -2.46. The summed E-state index contributed by atoms with van der Waals surface area (Å²) >= 11 is 0. The highest BCUT2D eigenvalue weighted by molar-refractivity contribution is 5.99. The first-order valence-corrected chi connectivity index (χ1v) is 8.71. The Hall–Kier alpha value is -3.10. The number of amides is 3. The van der Waals surface area contributed by atoms with Gasteiger partial charge in [-0.05, 0) is 31.9 Å². The lowest BCUT2D eigenvalue weighted by atomic mass is 10.1. The van der Waals surface area contributed by atoms with E-state index in [0.29, 0.717) is 18.7 Å². The number of benzene rings is 1. The minimum Gasteiger partial charge on any atom is -0.493 e. The standard InChI is InChI=1S/C18H23N3O6/c1-11-16(23)19-9-4-10-27-14-6-3-2-5-12(14)17(24)21-13(18(25)26)7-8-15(22)20-11/h2-3,5-6,11,13H,4,7-10H2,1H3,(H,19,23)(H,20,22)(H,21,24)(H,25,26)/t11-,13-/m0/s1. The summed E-state index contributed by atoms with van der Waals surface area (Å²) in [4.78, 5) is 47.8. The molecule has 0 bridgehead atoms. The van der Waals surface area contributed by atoms with Crippen molar-refractivity contribution in [1.82, 2.24) is 16.0 Å². The van der Waals surface area contributed by atoms with Crippen LogP contribution in [0.4, 0.5) is 0 Å². The van der Waals surface area contributed by atoms with Crippen molar-refractivity contribution < 1.29 is 29.0 Å². The number of carbonyl (C=O) groups is 4. The zero-order valence-electron chi connectivity index (χ0n) is 15.0. The van der Waals surface area contributed by atoms with Gasteiger partial charge in [0.2, 0.25) is 11.8 Å². The van der Waals surface area contributed by atoms with E-state index in [4.69, 9.17) is 4.74 Å². The molecule has 0 spiro atoms. The monoisotopic (exact) mass is 377 g/mol. The first-order chi connectivity index (χ1) is 12.9. The number of carbonyl (C=O) groups excluding carboxylic acids is 3. The van der Waals surface area contributed by atoms with Gasteiger partial charge in [-0.2, -0.15) is 0 Å². The molecule has 1 aliphatic rings. The predicted octanol–water partition coefficient (Wildman–Crippen LogP) is 0.0532. The topological polar surface area (TPSA) is 134 Å². The normalized spacial score (nSPS) is 22.5. The van der Waals surface area contributed by atoms with Gasteiger partial charge >= 0.3 is 5.97 Å². The summed E-state index contributed by atoms with van der Waals surface area (Å²) in [7, 11) is 0. The Morgan fingerprint density at radius 3 is 2.67 bits per heavy atom. The van der Waals surface area contributed by atoms with Gasteiger partial charge in [-0.25, -0.2) is 4.79 Å². The molecular weight excluding hydrogens is 354 g/mol. The Kier molecular flexibility index (Phi) is 7.16. The highest BCUT2D eigenvalue weighted by Gasteiger charge is 2.24. The van der Waals surface area contributed by atoms with Crippen molar-refractivity contribution in [3.8, 4) is 5.75 Å².